The normalized spacial score (nSPS) is 16.7. The highest BCUT2D eigenvalue weighted by atomic mass is 79.9. The average Bonchev–Trinajstić information content (AvgIpc) is 2.69. The number of carboxylic acid groups (broad SMARTS) is 1. The zero-order valence-corrected chi connectivity index (χ0v) is 19.6. The number of halogens is 4. The third-order valence-corrected chi connectivity index (χ3v) is 7.62. The van der Waals surface area contributed by atoms with Crippen LogP contribution < -0.4 is 4.74 Å². The number of fused-ring (bicyclic) bond motifs is 1. The molecule has 0 spiro atoms. The Labute approximate surface area is 192 Å². The number of alkyl halides is 2. The number of carboxylic acids is 1. The minimum atomic E-state index is -4.23. The lowest BCUT2D eigenvalue weighted by atomic mass is 9.87. The molecule has 0 aromatic heterocycles. The third kappa shape index (κ3) is 5.10. The van der Waals surface area contributed by atoms with Gasteiger partial charge in [0.1, 0.15) is 11.6 Å². The van der Waals surface area contributed by atoms with Gasteiger partial charge < -0.3 is 9.84 Å². The lowest BCUT2D eigenvalue weighted by Crippen LogP contribution is -2.34. The van der Waals surface area contributed by atoms with Crippen molar-refractivity contribution in [1.82, 2.24) is 4.31 Å². The second kappa shape index (κ2) is 9.03. The minimum absolute atomic E-state index is 0.0493. The molecule has 0 saturated heterocycles. The third-order valence-electron chi connectivity index (χ3n) is 5.32. The maximum absolute atomic E-state index is 14.3. The van der Waals surface area contributed by atoms with E-state index in [0.29, 0.717) is 37.3 Å². The molecule has 1 aliphatic carbocycles. The van der Waals surface area contributed by atoms with Gasteiger partial charge in [0.15, 0.2) is 6.61 Å². The van der Waals surface area contributed by atoms with E-state index in [4.69, 9.17) is 9.84 Å². The summed E-state index contributed by atoms with van der Waals surface area (Å²) in [7, 11) is -2.92. The summed E-state index contributed by atoms with van der Waals surface area (Å²) in [5, 5.41) is 8.86. The number of hydrogen-bond acceptors (Lipinski definition) is 4. The SMILES string of the molecule is CN(C1CCCc2c(OCC(=O)O)cc(F)cc21)S(=O)(=O)c1cc(Br)cc(C(C)(F)F)c1. The fraction of sp³-hybridized carbons (Fsp3) is 0.381. The highest BCUT2D eigenvalue weighted by Crippen LogP contribution is 2.41. The zero-order valence-electron chi connectivity index (χ0n) is 17.2. The van der Waals surface area contributed by atoms with Crippen molar-refractivity contribution in [2.45, 2.75) is 43.0 Å². The van der Waals surface area contributed by atoms with E-state index in [9.17, 15) is 26.4 Å². The summed E-state index contributed by atoms with van der Waals surface area (Å²) >= 11 is 3.09. The monoisotopic (exact) mass is 535 g/mol. The van der Waals surface area contributed by atoms with Crippen molar-refractivity contribution in [3.63, 3.8) is 0 Å². The molecule has 174 valence electrons. The van der Waals surface area contributed by atoms with Crippen LogP contribution in [0.4, 0.5) is 13.2 Å². The molecule has 2 aromatic carbocycles. The molecule has 1 aliphatic rings. The highest BCUT2D eigenvalue weighted by Gasteiger charge is 2.35. The quantitative estimate of drug-likeness (QED) is 0.547. The largest absolute Gasteiger partial charge is 0.482 e. The predicted octanol–water partition coefficient (Wildman–Crippen LogP) is 4.86. The second-order valence-corrected chi connectivity index (χ2v) is 10.6. The number of carbonyl (C=O) groups is 1. The van der Waals surface area contributed by atoms with Gasteiger partial charge in [0.2, 0.25) is 10.0 Å². The summed E-state index contributed by atoms with van der Waals surface area (Å²) in [6.07, 6.45) is 1.37. The number of hydrogen-bond donors (Lipinski definition) is 1. The van der Waals surface area contributed by atoms with Gasteiger partial charge in [-0.1, -0.05) is 15.9 Å². The maximum Gasteiger partial charge on any atom is 0.341 e. The number of rotatable bonds is 7. The van der Waals surface area contributed by atoms with Crippen LogP contribution in [0.3, 0.4) is 0 Å². The summed E-state index contributed by atoms with van der Waals surface area (Å²) in [4.78, 5) is 10.5. The number of ether oxygens (including phenoxy) is 1. The van der Waals surface area contributed by atoms with Crippen molar-refractivity contribution >= 4 is 31.9 Å². The van der Waals surface area contributed by atoms with E-state index >= 15 is 0 Å². The Morgan fingerprint density at radius 2 is 1.97 bits per heavy atom. The van der Waals surface area contributed by atoms with Crippen LogP contribution >= 0.6 is 15.9 Å². The van der Waals surface area contributed by atoms with Crippen molar-refractivity contribution in [3.05, 3.63) is 57.3 Å². The van der Waals surface area contributed by atoms with E-state index in [1.54, 1.807) is 0 Å². The molecule has 0 heterocycles. The molecule has 0 bridgehead atoms. The molecule has 2 aromatic rings. The van der Waals surface area contributed by atoms with E-state index in [-0.39, 0.29) is 15.1 Å². The first-order valence-corrected chi connectivity index (χ1v) is 11.9. The number of benzene rings is 2. The number of aliphatic carboxylic acids is 1. The highest BCUT2D eigenvalue weighted by molar-refractivity contribution is 9.10. The van der Waals surface area contributed by atoms with Gasteiger partial charge in [0.05, 0.1) is 10.9 Å². The number of sulfonamides is 1. The molecule has 32 heavy (non-hydrogen) atoms. The molecular weight excluding hydrogens is 515 g/mol. The first-order valence-electron chi connectivity index (χ1n) is 9.64. The molecule has 1 atom stereocenters. The molecule has 11 heteroatoms. The lowest BCUT2D eigenvalue weighted by Gasteiger charge is -2.33. The van der Waals surface area contributed by atoms with Gasteiger partial charge in [-0.05, 0) is 54.7 Å². The summed E-state index contributed by atoms with van der Waals surface area (Å²) < 4.78 is 75.0. The second-order valence-electron chi connectivity index (χ2n) is 7.65. The van der Waals surface area contributed by atoms with Crippen LogP contribution in [0.15, 0.2) is 39.7 Å². The topological polar surface area (TPSA) is 83.9 Å². The first kappa shape index (κ1) is 24.5. The molecule has 6 nitrogen and oxygen atoms in total. The van der Waals surface area contributed by atoms with Crippen molar-refractivity contribution in [2.75, 3.05) is 13.7 Å². The van der Waals surface area contributed by atoms with Gasteiger partial charge in [0.25, 0.3) is 5.92 Å². The summed E-state index contributed by atoms with van der Waals surface area (Å²) in [5.41, 5.74) is 0.429. The van der Waals surface area contributed by atoms with Crippen LogP contribution in [0.25, 0.3) is 0 Å². The van der Waals surface area contributed by atoms with Gasteiger partial charge in [-0.2, -0.15) is 4.31 Å². The standard InChI is InChI=1S/C21H21BrF3NO5S/c1-21(24,25)12-6-13(22)8-15(7-12)32(29,30)26(2)18-5-3-4-16-17(18)9-14(23)10-19(16)31-11-20(27)28/h6-10,18H,3-5,11H2,1-2H3,(H,27,28). The molecule has 0 fully saturated rings. The summed E-state index contributed by atoms with van der Waals surface area (Å²) in [5.74, 6) is -5.12. The Hall–Kier alpha value is -2.11. The predicted molar refractivity (Wildman–Crippen MR) is 114 cm³/mol. The lowest BCUT2D eigenvalue weighted by molar-refractivity contribution is -0.139. The molecule has 0 amide bonds. The van der Waals surface area contributed by atoms with Gasteiger partial charge >= 0.3 is 5.97 Å². The van der Waals surface area contributed by atoms with E-state index in [0.717, 1.165) is 22.5 Å². The van der Waals surface area contributed by atoms with Gasteiger partial charge in [-0.3, -0.25) is 0 Å². The van der Waals surface area contributed by atoms with E-state index < -0.39 is 45.9 Å². The molecule has 1 unspecified atom stereocenters. The maximum atomic E-state index is 14.3. The Balaban J connectivity index is 2.04. The molecule has 0 aliphatic heterocycles. The van der Waals surface area contributed by atoms with Crippen LogP contribution in [-0.4, -0.2) is 37.5 Å². The Kier molecular flexibility index (Phi) is 6.92. The molecule has 0 saturated carbocycles. The van der Waals surface area contributed by atoms with E-state index in [2.05, 4.69) is 15.9 Å². The van der Waals surface area contributed by atoms with Crippen molar-refractivity contribution < 1.29 is 36.2 Å². The van der Waals surface area contributed by atoms with Gasteiger partial charge in [-0.15, -0.1) is 0 Å². The smallest absolute Gasteiger partial charge is 0.341 e. The van der Waals surface area contributed by atoms with Crippen molar-refractivity contribution in [1.29, 1.82) is 0 Å². The van der Waals surface area contributed by atoms with Crippen LogP contribution in [0.5, 0.6) is 5.75 Å². The first-order chi connectivity index (χ1) is 14.8. The van der Waals surface area contributed by atoms with Crippen LogP contribution in [-0.2, 0) is 27.2 Å². The van der Waals surface area contributed by atoms with Crippen LogP contribution in [0.2, 0.25) is 0 Å². The minimum Gasteiger partial charge on any atom is -0.482 e. The fourth-order valence-corrected chi connectivity index (χ4v) is 5.85. The van der Waals surface area contributed by atoms with E-state index in [1.807, 2.05) is 0 Å². The van der Waals surface area contributed by atoms with Crippen molar-refractivity contribution in [3.8, 4) is 5.75 Å². The number of nitrogens with zero attached hydrogens (tertiary/aromatic N) is 1. The summed E-state index contributed by atoms with van der Waals surface area (Å²) in [6, 6.07) is 4.80. The molecule has 3 rings (SSSR count). The van der Waals surface area contributed by atoms with Crippen LogP contribution in [0.1, 0.15) is 42.5 Å². The molecule has 1 N–H and O–H groups in total. The van der Waals surface area contributed by atoms with Crippen LogP contribution in [0, 0.1) is 5.82 Å². The van der Waals surface area contributed by atoms with Crippen molar-refractivity contribution in [2.24, 2.45) is 0 Å². The molecule has 0 radical (unpaired) electrons. The average molecular weight is 536 g/mol. The summed E-state index contributed by atoms with van der Waals surface area (Å²) in [6.45, 7) is 0.00838. The van der Waals surface area contributed by atoms with E-state index in [1.165, 1.54) is 19.2 Å². The van der Waals surface area contributed by atoms with Gasteiger partial charge in [-0.25, -0.2) is 26.4 Å². The Bertz CT molecular complexity index is 1150. The Morgan fingerprint density at radius 1 is 1.28 bits per heavy atom. The zero-order chi connectivity index (χ0) is 23.8. The molecular formula is C21H21BrF3NO5S. The Morgan fingerprint density at radius 3 is 2.59 bits per heavy atom. The van der Waals surface area contributed by atoms with Gasteiger partial charge in [0, 0.05) is 30.1 Å². The fourth-order valence-electron chi connectivity index (χ4n) is 3.77.